The van der Waals surface area contributed by atoms with Gasteiger partial charge in [-0.2, -0.15) is 0 Å². The Balaban J connectivity index is 2.34. The van der Waals surface area contributed by atoms with E-state index in [1.165, 1.54) is 25.1 Å². The third-order valence-corrected chi connectivity index (χ3v) is 7.26. The average molecular weight is 621 g/mol. The summed E-state index contributed by atoms with van der Waals surface area (Å²) in [5, 5.41) is 21.7. The van der Waals surface area contributed by atoms with E-state index >= 15 is 0 Å². The van der Waals surface area contributed by atoms with Gasteiger partial charge in [-0.25, -0.2) is 4.79 Å². The van der Waals surface area contributed by atoms with Gasteiger partial charge in [0.05, 0.1) is 29.6 Å². The van der Waals surface area contributed by atoms with Gasteiger partial charge in [0.2, 0.25) is 0 Å². The van der Waals surface area contributed by atoms with Crippen molar-refractivity contribution in [2.45, 2.75) is 45.5 Å². The van der Waals surface area contributed by atoms with E-state index in [-0.39, 0.29) is 29.6 Å². The molecule has 0 aliphatic rings. The highest BCUT2D eigenvalue weighted by Crippen LogP contribution is 2.42. The fourth-order valence-electron chi connectivity index (χ4n) is 3.02. The quantitative estimate of drug-likeness (QED) is 0.242. The maximum atomic E-state index is 12.9. The second kappa shape index (κ2) is 12.2. The van der Waals surface area contributed by atoms with Crippen LogP contribution in [0.5, 0.6) is 17.2 Å². The van der Waals surface area contributed by atoms with Crippen molar-refractivity contribution in [2.24, 2.45) is 5.92 Å². The Kier molecular flexibility index (Phi) is 10.2. The zero-order valence-electron chi connectivity index (χ0n) is 19.2. The first-order valence-corrected chi connectivity index (χ1v) is 13.2. The van der Waals surface area contributed by atoms with E-state index in [1.54, 1.807) is 19.1 Å². The largest absolute Gasteiger partial charge is 0.507 e. The maximum Gasteiger partial charge on any atom is 0.328 e. The monoisotopic (exact) mass is 619 g/mol. The topological polar surface area (TPSA) is 122 Å². The number of ether oxygens (including phenoxy) is 2. The number of nitrogens with one attached hydrogen (secondary N) is 1. The Labute approximate surface area is 216 Å². The number of carbonyl (C=O) groups is 2. The molecule has 11 heteroatoms. The third kappa shape index (κ3) is 6.84. The molecule has 0 bridgehead atoms. The van der Waals surface area contributed by atoms with Gasteiger partial charge >= 0.3 is 5.97 Å². The molecule has 0 fully saturated rings. The van der Waals surface area contributed by atoms with Crippen LogP contribution in [-0.4, -0.2) is 34.7 Å². The summed E-state index contributed by atoms with van der Waals surface area (Å²) in [6, 6.07) is 6.47. The van der Waals surface area contributed by atoms with Gasteiger partial charge in [0, 0.05) is 0 Å². The first-order chi connectivity index (χ1) is 15.9. The van der Waals surface area contributed by atoms with Crippen LogP contribution in [0.1, 0.15) is 50.0 Å². The van der Waals surface area contributed by atoms with Crippen molar-refractivity contribution < 1.29 is 33.8 Å². The summed E-state index contributed by atoms with van der Waals surface area (Å²) in [6.07, 6.45) is 0.637. The molecule has 34 heavy (non-hydrogen) atoms. The van der Waals surface area contributed by atoms with Crippen LogP contribution in [-0.2, 0) is 19.4 Å². The van der Waals surface area contributed by atoms with Crippen molar-refractivity contribution in [1.82, 2.24) is 5.32 Å². The molecule has 4 atom stereocenters. The van der Waals surface area contributed by atoms with Crippen LogP contribution in [0, 0.1) is 5.92 Å². The molecule has 1 amide bonds. The normalized spacial score (nSPS) is 14.9. The number of phenolic OH excluding ortho intramolecular Hbond substituents is 1. The number of esters is 1. The van der Waals surface area contributed by atoms with E-state index in [4.69, 9.17) is 9.47 Å². The zero-order chi connectivity index (χ0) is 25.6. The molecule has 186 valence electrons. The Bertz CT molecular complexity index is 1050. The summed E-state index contributed by atoms with van der Waals surface area (Å²) < 4.78 is 23.3. The highest BCUT2D eigenvalue weighted by molar-refractivity contribution is 9.11. The SMILES string of the molecule is CCOC(=O)C(NC(=O)c1cc(Oc2c(Br)cc(C(C)(O)[PH2]=O)cc2Br)ccc1O)C(C)CC. The number of amides is 1. The molecule has 3 N–H and O–H groups in total. The molecule has 0 saturated carbocycles. The molecule has 0 aromatic heterocycles. The molecule has 0 saturated heterocycles. The van der Waals surface area contributed by atoms with Gasteiger partial charge in [-0.3, -0.25) is 4.79 Å². The predicted molar refractivity (Wildman–Crippen MR) is 137 cm³/mol. The average Bonchev–Trinajstić information content (AvgIpc) is 2.80. The third-order valence-electron chi connectivity index (χ3n) is 5.28. The van der Waals surface area contributed by atoms with Crippen LogP contribution in [0.3, 0.4) is 0 Å². The lowest BCUT2D eigenvalue weighted by atomic mass is 9.98. The summed E-state index contributed by atoms with van der Waals surface area (Å²) in [5.41, 5.74) is 0.362. The number of rotatable bonds is 10. The Morgan fingerprint density at radius 2 is 1.79 bits per heavy atom. The summed E-state index contributed by atoms with van der Waals surface area (Å²) >= 11 is 6.77. The number of aromatic hydroxyl groups is 1. The number of halogens is 2. The minimum absolute atomic E-state index is 0.0724. The van der Waals surface area contributed by atoms with E-state index in [0.717, 1.165) is 0 Å². The minimum atomic E-state index is -1.48. The number of hydrogen-bond acceptors (Lipinski definition) is 7. The number of carbonyl (C=O) groups excluding carboxylic acids is 2. The van der Waals surface area contributed by atoms with Gasteiger partial charge in [0.15, 0.2) is 5.75 Å². The molecule has 0 aliphatic heterocycles. The van der Waals surface area contributed by atoms with Crippen molar-refractivity contribution in [2.75, 3.05) is 6.61 Å². The van der Waals surface area contributed by atoms with Crippen molar-refractivity contribution in [3.63, 3.8) is 0 Å². The second-order valence-electron chi connectivity index (χ2n) is 7.90. The number of hydrogen-bond donors (Lipinski definition) is 3. The smallest absolute Gasteiger partial charge is 0.328 e. The van der Waals surface area contributed by atoms with Crippen LogP contribution in [0.15, 0.2) is 39.3 Å². The van der Waals surface area contributed by atoms with E-state index < -0.39 is 31.7 Å². The Hall–Kier alpha value is -1.87. The lowest BCUT2D eigenvalue weighted by Crippen LogP contribution is -2.46. The molecule has 0 aliphatic carbocycles. The van der Waals surface area contributed by atoms with Crippen LogP contribution in [0.4, 0.5) is 0 Å². The van der Waals surface area contributed by atoms with Crippen molar-refractivity contribution >= 4 is 52.2 Å². The number of aliphatic hydroxyl groups is 1. The van der Waals surface area contributed by atoms with E-state index in [2.05, 4.69) is 37.2 Å². The highest BCUT2D eigenvalue weighted by Gasteiger charge is 2.29. The standard InChI is InChI=1S/C23H28Br2NO7P/c1-5-12(3)19(22(29)32-6-2)26-21(28)15-11-14(7-8-18(15)27)33-20-16(24)9-13(10-17(20)25)23(4,30)34-31/h7-12,19,27,30H,5-6,34H2,1-4H3,(H,26,28). The van der Waals surface area contributed by atoms with E-state index in [1.807, 2.05) is 13.8 Å². The fourth-order valence-corrected chi connectivity index (χ4v) is 4.67. The molecule has 0 spiro atoms. The Morgan fingerprint density at radius 1 is 1.18 bits per heavy atom. The van der Waals surface area contributed by atoms with Crippen LogP contribution in [0.25, 0.3) is 0 Å². The summed E-state index contributed by atoms with van der Waals surface area (Å²) in [6.45, 7) is 7.05. The van der Waals surface area contributed by atoms with Crippen LogP contribution < -0.4 is 10.1 Å². The zero-order valence-corrected chi connectivity index (χ0v) is 23.6. The lowest BCUT2D eigenvalue weighted by molar-refractivity contribution is -0.146. The molecule has 2 aromatic carbocycles. The lowest BCUT2D eigenvalue weighted by Gasteiger charge is -2.23. The first kappa shape index (κ1) is 28.4. The van der Waals surface area contributed by atoms with Gasteiger partial charge in [-0.05, 0) is 87.5 Å². The van der Waals surface area contributed by atoms with Crippen LogP contribution >= 0.6 is 40.3 Å². The number of benzene rings is 2. The van der Waals surface area contributed by atoms with Crippen molar-refractivity contribution in [1.29, 1.82) is 0 Å². The van der Waals surface area contributed by atoms with Crippen molar-refractivity contribution in [3.05, 3.63) is 50.4 Å². The number of phenols is 1. The van der Waals surface area contributed by atoms with E-state index in [9.17, 15) is 24.4 Å². The molecule has 2 rings (SSSR count). The molecule has 4 unspecified atom stereocenters. The highest BCUT2D eigenvalue weighted by atomic mass is 79.9. The van der Waals surface area contributed by atoms with Gasteiger partial charge in [0.1, 0.15) is 22.9 Å². The fraction of sp³-hybridized carbons (Fsp3) is 0.391. The predicted octanol–water partition coefficient (Wildman–Crippen LogP) is 5.34. The molecule has 2 aromatic rings. The second-order valence-corrected chi connectivity index (χ2v) is 11.0. The molecular formula is C23H28Br2NO7P. The summed E-state index contributed by atoms with van der Waals surface area (Å²) in [7, 11) is -1.48. The first-order valence-electron chi connectivity index (χ1n) is 10.6. The Morgan fingerprint density at radius 3 is 2.32 bits per heavy atom. The summed E-state index contributed by atoms with van der Waals surface area (Å²) in [5.74, 6) is -1.05. The van der Waals surface area contributed by atoms with Crippen LogP contribution in [0.2, 0.25) is 0 Å². The minimum Gasteiger partial charge on any atom is -0.507 e. The van der Waals surface area contributed by atoms with Gasteiger partial charge < -0.3 is 29.6 Å². The van der Waals surface area contributed by atoms with Gasteiger partial charge in [-0.1, -0.05) is 20.3 Å². The molecule has 0 radical (unpaired) electrons. The maximum absolute atomic E-state index is 12.9. The summed E-state index contributed by atoms with van der Waals surface area (Å²) in [4.78, 5) is 25.3. The molecular weight excluding hydrogens is 593 g/mol. The van der Waals surface area contributed by atoms with E-state index in [0.29, 0.717) is 26.7 Å². The van der Waals surface area contributed by atoms with Gasteiger partial charge in [0.25, 0.3) is 5.91 Å². The molecule has 8 nitrogen and oxygen atoms in total. The van der Waals surface area contributed by atoms with Gasteiger partial charge in [-0.15, -0.1) is 0 Å². The molecule has 0 heterocycles. The van der Waals surface area contributed by atoms with Crippen molar-refractivity contribution in [3.8, 4) is 17.2 Å².